The number of ether oxygens (including phenoxy) is 1. The van der Waals surface area contributed by atoms with Crippen LogP contribution in [0.15, 0.2) is 0 Å². The van der Waals surface area contributed by atoms with Gasteiger partial charge in [0, 0.05) is 0 Å². The molecule has 0 aromatic carbocycles. The zero-order chi connectivity index (χ0) is 15.8. The zero-order valence-corrected chi connectivity index (χ0v) is 19.8. The summed E-state index contributed by atoms with van der Waals surface area (Å²) in [6.45, 7) is 16.6. The topological polar surface area (TPSA) is 26.3 Å². The van der Waals surface area contributed by atoms with E-state index in [4.69, 9.17) is 4.74 Å². The van der Waals surface area contributed by atoms with Crippen LogP contribution in [0.25, 0.3) is 0 Å². The first-order valence-electron chi connectivity index (χ1n) is 8.63. The van der Waals surface area contributed by atoms with Crippen molar-refractivity contribution in [2.24, 2.45) is 0 Å². The van der Waals surface area contributed by atoms with Crippen LogP contribution in [0.5, 0.6) is 0 Å². The van der Waals surface area contributed by atoms with Crippen molar-refractivity contribution in [2.75, 3.05) is 6.61 Å². The molecule has 0 saturated heterocycles. The third kappa shape index (κ3) is 4.17. The molecular formula is C16H36GeO2Sn. The number of carbonyl (C=O) groups is 1. The number of hydrogen-bond acceptors (Lipinski definition) is 2. The normalized spacial score (nSPS) is 14.2. The van der Waals surface area contributed by atoms with Gasteiger partial charge in [0.05, 0.1) is 0 Å². The van der Waals surface area contributed by atoms with Gasteiger partial charge in [-0.2, -0.15) is 0 Å². The second kappa shape index (κ2) is 9.75. The van der Waals surface area contributed by atoms with Gasteiger partial charge in [0.15, 0.2) is 0 Å². The van der Waals surface area contributed by atoms with Gasteiger partial charge in [-0.1, -0.05) is 0 Å². The molecule has 2 nitrogen and oxygen atoms in total. The van der Waals surface area contributed by atoms with Crippen molar-refractivity contribution in [1.29, 1.82) is 0 Å². The average Bonchev–Trinajstić information content (AvgIpc) is 2.49. The van der Waals surface area contributed by atoms with Crippen molar-refractivity contribution in [2.45, 2.75) is 80.3 Å². The van der Waals surface area contributed by atoms with Gasteiger partial charge in [-0.05, 0) is 0 Å². The maximum absolute atomic E-state index is 12.9. The van der Waals surface area contributed by atoms with E-state index >= 15 is 0 Å². The molecule has 0 bridgehead atoms. The molecule has 0 aromatic heterocycles. The summed E-state index contributed by atoms with van der Waals surface area (Å²) in [5.41, 5.74) is 0. The Morgan fingerprint density at radius 3 is 1.55 bits per heavy atom. The van der Waals surface area contributed by atoms with Gasteiger partial charge >= 0.3 is 134 Å². The van der Waals surface area contributed by atoms with E-state index in [0.29, 0.717) is 9.37 Å². The standard InChI is InChI=1S/C10H21GeO2.3C2H5.Sn/c1-5-11(6-2,7-3)9-10(12)13-8-4;3*1-2;/h9H,5-8H2,1-4H3;3*1H2,2H3;. The van der Waals surface area contributed by atoms with Gasteiger partial charge in [0.1, 0.15) is 0 Å². The summed E-state index contributed by atoms with van der Waals surface area (Å²) in [7, 11) is 0. The molecule has 0 amide bonds. The number of rotatable bonds is 10. The molecule has 0 aliphatic heterocycles. The summed E-state index contributed by atoms with van der Waals surface area (Å²) < 4.78 is 9.92. The molecule has 0 saturated carbocycles. The second-order valence-electron chi connectivity index (χ2n) is 6.03. The molecular weight excluding hydrogens is 415 g/mol. The van der Waals surface area contributed by atoms with Crippen LogP contribution in [0.1, 0.15) is 48.5 Å². The average molecular weight is 452 g/mol. The van der Waals surface area contributed by atoms with Crippen molar-refractivity contribution in [1.82, 2.24) is 0 Å². The van der Waals surface area contributed by atoms with Crippen LogP contribution in [0.2, 0.25) is 31.8 Å². The predicted octanol–water partition coefficient (Wildman–Crippen LogP) is 5.48. The summed E-state index contributed by atoms with van der Waals surface area (Å²) in [5.74, 6) is 0.208. The molecule has 1 atom stereocenters. The van der Waals surface area contributed by atoms with Crippen molar-refractivity contribution >= 4 is 37.6 Å². The van der Waals surface area contributed by atoms with Crippen LogP contribution in [-0.4, -0.2) is 44.2 Å². The molecule has 0 aromatic rings. The van der Waals surface area contributed by atoms with E-state index in [-0.39, 0.29) is 5.97 Å². The number of carbonyl (C=O) groups excluding carboxylic acids is 1. The Morgan fingerprint density at radius 2 is 1.30 bits per heavy atom. The van der Waals surface area contributed by atoms with E-state index in [1.54, 1.807) is 0 Å². The SMILES string of the molecule is CCOC(=O)[CH]([Ge]([CH2]C)([CH2]C)[CH2]C)[Sn]([CH2]C)([CH2]C)[CH2]C. The molecule has 20 heavy (non-hydrogen) atoms. The molecule has 0 rings (SSSR count). The fourth-order valence-corrected chi connectivity index (χ4v) is 60.2. The van der Waals surface area contributed by atoms with Gasteiger partial charge in [0.2, 0.25) is 0 Å². The van der Waals surface area contributed by atoms with Gasteiger partial charge in [-0.3, -0.25) is 0 Å². The number of hydrogen-bond donors (Lipinski definition) is 0. The first-order valence-corrected chi connectivity index (χ1v) is 22.0. The summed E-state index contributed by atoms with van der Waals surface area (Å²) in [4.78, 5) is 12.9. The van der Waals surface area contributed by atoms with Crippen molar-refractivity contribution in [3.05, 3.63) is 0 Å². The quantitative estimate of drug-likeness (QED) is 0.325. The summed E-state index contributed by atoms with van der Waals surface area (Å²) in [5, 5.41) is 3.86. The van der Waals surface area contributed by atoms with E-state index < -0.39 is 31.6 Å². The summed E-state index contributed by atoms with van der Waals surface area (Å²) in [6.07, 6.45) is 0. The third-order valence-electron chi connectivity index (χ3n) is 5.97. The van der Waals surface area contributed by atoms with Crippen LogP contribution in [0.4, 0.5) is 0 Å². The van der Waals surface area contributed by atoms with Crippen molar-refractivity contribution < 1.29 is 9.53 Å². The molecule has 4 heteroatoms. The molecule has 0 aliphatic carbocycles. The molecule has 1 unspecified atom stereocenters. The fraction of sp³-hybridized carbons (Fsp3) is 0.938. The Morgan fingerprint density at radius 1 is 0.900 bits per heavy atom. The van der Waals surface area contributed by atoms with E-state index in [9.17, 15) is 4.79 Å². The molecule has 0 N–H and O–H groups in total. The van der Waals surface area contributed by atoms with Crippen LogP contribution >= 0.6 is 0 Å². The summed E-state index contributed by atoms with van der Waals surface area (Å²) in [6, 6.07) is 0. The number of esters is 1. The Labute approximate surface area is 133 Å². The summed E-state index contributed by atoms with van der Waals surface area (Å²) >= 11 is -4.53. The minimum atomic E-state index is -2.41. The maximum atomic E-state index is 12.9. The molecule has 0 aliphatic rings. The van der Waals surface area contributed by atoms with E-state index in [1.807, 2.05) is 6.92 Å². The molecule has 0 spiro atoms. The Balaban J connectivity index is 5.86. The van der Waals surface area contributed by atoms with Gasteiger partial charge in [0.25, 0.3) is 0 Å². The second-order valence-corrected chi connectivity index (χ2v) is 36.3. The van der Waals surface area contributed by atoms with E-state index in [2.05, 4.69) is 41.5 Å². The van der Waals surface area contributed by atoms with Crippen LogP contribution in [0, 0.1) is 0 Å². The molecule has 120 valence electrons. The predicted molar refractivity (Wildman–Crippen MR) is 94.8 cm³/mol. The monoisotopic (exact) mass is 454 g/mol. The van der Waals surface area contributed by atoms with E-state index in [1.165, 1.54) is 29.1 Å². The fourth-order valence-electron chi connectivity index (χ4n) is 4.10. The van der Waals surface area contributed by atoms with Crippen LogP contribution < -0.4 is 0 Å². The Bertz CT molecular complexity index is 250. The minimum absolute atomic E-state index is 0.208. The van der Waals surface area contributed by atoms with Gasteiger partial charge in [-0.15, -0.1) is 0 Å². The van der Waals surface area contributed by atoms with Crippen LogP contribution in [-0.2, 0) is 9.53 Å². The molecule has 0 heterocycles. The zero-order valence-electron chi connectivity index (χ0n) is 14.8. The third-order valence-corrected chi connectivity index (χ3v) is 51.8. The van der Waals surface area contributed by atoms with Crippen LogP contribution in [0.3, 0.4) is 0 Å². The Kier molecular flexibility index (Phi) is 10.1. The van der Waals surface area contributed by atoms with E-state index in [0.717, 1.165) is 0 Å². The van der Waals surface area contributed by atoms with Crippen molar-refractivity contribution in [3.63, 3.8) is 0 Å². The van der Waals surface area contributed by atoms with Gasteiger partial charge in [-0.25, -0.2) is 0 Å². The first kappa shape index (κ1) is 20.8. The first-order chi connectivity index (χ1) is 9.47. The molecule has 0 radical (unpaired) electrons. The molecule has 0 fully saturated rings. The van der Waals surface area contributed by atoms with Gasteiger partial charge < -0.3 is 0 Å². The Hall–Kier alpha value is 0.812. The van der Waals surface area contributed by atoms with Crippen molar-refractivity contribution in [3.8, 4) is 0 Å².